The van der Waals surface area contributed by atoms with Crippen LogP contribution in [0.15, 0.2) is 30.3 Å². The molecule has 0 unspecified atom stereocenters. The van der Waals surface area contributed by atoms with Gasteiger partial charge in [0.1, 0.15) is 11.4 Å². The lowest BCUT2D eigenvalue weighted by Crippen LogP contribution is -2.52. The molecule has 1 aliphatic heterocycles. The number of aliphatic hydroxyl groups is 1. The van der Waals surface area contributed by atoms with E-state index in [1.807, 2.05) is 13.8 Å². The molecule has 2 aliphatic rings. The third-order valence-corrected chi connectivity index (χ3v) is 7.41. The molecule has 8 heteroatoms. The van der Waals surface area contributed by atoms with Crippen LogP contribution in [-0.2, 0) is 17.6 Å². The molecule has 1 aromatic carbocycles. The van der Waals surface area contributed by atoms with Crippen LogP contribution in [0.25, 0.3) is 0 Å². The highest BCUT2D eigenvalue weighted by Gasteiger charge is 2.47. The minimum absolute atomic E-state index is 0.0477. The molecule has 0 saturated heterocycles. The second-order valence-electron chi connectivity index (χ2n) is 12.7. The summed E-state index contributed by atoms with van der Waals surface area (Å²) in [6, 6.07) is 7.67. The predicted molar refractivity (Wildman–Crippen MR) is 149 cm³/mol. The Morgan fingerprint density at radius 2 is 1.95 bits per heavy atom. The van der Waals surface area contributed by atoms with E-state index in [2.05, 4.69) is 37.5 Å². The van der Waals surface area contributed by atoms with E-state index in [4.69, 9.17) is 14.5 Å². The van der Waals surface area contributed by atoms with E-state index in [-0.39, 0.29) is 41.4 Å². The van der Waals surface area contributed by atoms with E-state index in [0.29, 0.717) is 18.1 Å². The van der Waals surface area contributed by atoms with Gasteiger partial charge in [-0.1, -0.05) is 32.9 Å². The van der Waals surface area contributed by atoms with Crippen LogP contribution in [0.3, 0.4) is 0 Å². The number of carbonyl (C=O) groups excluding carboxylic acids is 1. The minimum atomic E-state index is -0.857. The number of hydrogen-bond acceptors (Lipinski definition) is 6. The second-order valence-corrected chi connectivity index (χ2v) is 12.7. The van der Waals surface area contributed by atoms with Crippen molar-refractivity contribution in [3.05, 3.63) is 53.0 Å². The molecule has 3 atom stereocenters. The SMILES string of the molecule is CC(=O)N[C@@H](Cc1ccc(F)cc1)[C@@H](O)CN[C@@H]1CC2(CCC2)Oc2c1cc(CC(C)(C)C)nc2OC(C)C. The number of rotatable bonds is 10. The average Bonchev–Trinajstić information content (AvgIpc) is 2.80. The predicted octanol–water partition coefficient (Wildman–Crippen LogP) is 5.04. The molecular formula is C31H44FN3O4. The van der Waals surface area contributed by atoms with Crippen molar-refractivity contribution in [3.8, 4) is 11.6 Å². The molecule has 0 radical (unpaired) electrons. The first-order chi connectivity index (χ1) is 18.3. The minimum Gasteiger partial charge on any atom is -0.481 e. The van der Waals surface area contributed by atoms with Crippen molar-refractivity contribution in [2.75, 3.05) is 6.54 Å². The zero-order valence-corrected chi connectivity index (χ0v) is 24.1. The molecule has 1 amide bonds. The molecule has 7 nitrogen and oxygen atoms in total. The van der Waals surface area contributed by atoms with Crippen molar-refractivity contribution < 1.29 is 23.8 Å². The lowest BCUT2D eigenvalue weighted by Gasteiger charge is -2.48. The number of nitrogens with zero attached hydrogens (tertiary/aromatic N) is 1. The smallest absolute Gasteiger partial charge is 0.257 e. The zero-order valence-electron chi connectivity index (χ0n) is 24.1. The highest BCUT2D eigenvalue weighted by Crippen LogP contribution is 2.52. The molecular weight excluding hydrogens is 497 g/mol. The summed E-state index contributed by atoms with van der Waals surface area (Å²) in [5.74, 6) is 0.692. The van der Waals surface area contributed by atoms with Gasteiger partial charge in [0, 0.05) is 37.2 Å². The molecule has 1 aromatic heterocycles. The van der Waals surface area contributed by atoms with Crippen LogP contribution in [-0.4, -0.2) is 46.4 Å². The lowest BCUT2D eigenvalue weighted by atomic mass is 9.73. The van der Waals surface area contributed by atoms with Gasteiger partial charge in [0.05, 0.1) is 18.2 Å². The number of carbonyl (C=O) groups is 1. The number of hydrogen-bond donors (Lipinski definition) is 3. The Kier molecular flexibility index (Phi) is 8.86. The van der Waals surface area contributed by atoms with Crippen molar-refractivity contribution in [1.82, 2.24) is 15.6 Å². The van der Waals surface area contributed by atoms with E-state index in [9.17, 15) is 14.3 Å². The van der Waals surface area contributed by atoms with Gasteiger partial charge in [-0.2, -0.15) is 0 Å². The van der Waals surface area contributed by atoms with E-state index < -0.39 is 12.1 Å². The van der Waals surface area contributed by atoms with Crippen LogP contribution in [0.1, 0.15) is 90.1 Å². The van der Waals surface area contributed by atoms with Crippen LogP contribution in [0, 0.1) is 11.2 Å². The van der Waals surface area contributed by atoms with Crippen LogP contribution < -0.4 is 20.1 Å². The quantitative estimate of drug-likeness (QED) is 0.390. The Hall–Kier alpha value is -2.71. The Bertz CT molecular complexity index is 1140. The Morgan fingerprint density at radius 3 is 2.51 bits per heavy atom. The Morgan fingerprint density at radius 1 is 1.26 bits per heavy atom. The number of pyridine rings is 1. The van der Waals surface area contributed by atoms with Gasteiger partial charge in [-0.25, -0.2) is 9.37 Å². The first-order valence-corrected chi connectivity index (χ1v) is 14.1. The summed E-state index contributed by atoms with van der Waals surface area (Å²) in [5.41, 5.74) is 2.58. The maximum atomic E-state index is 13.4. The van der Waals surface area contributed by atoms with Gasteiger partial charge >= 0.3 is 0 Å². The van der Waals surface area contributed by atoms with Gasteiger partial charge < -0.3 is 25.2 Å². The molecule has 3 N–H and O–H groups in total. The summed E-state index contributed by atoms with van der Waals surface area (Å²) in [7, 11) is 0. The third kappa shape index (κ3) is 7.70. The number of halogens is 1. The molecule has 4 rings (SSSR count). The van der Waals surface area contributed by atoms with Gasteiger partial charge in [0.25, 0.3) is 5.88 Å². The number of fused-ring (bicyclic) bond motifs is 1. The highest BCUT2D eigenvalue weighted by molar-refractivity contribution is 5.73. The largest absolute Gasteiger partial charge is 0.481 e. The van der Waals surface area contributed by atoms with Gasteiger partial charge in [-0.15, -0.1) is 0 Å². The lowest BCUT2D eigenvalue weighted by molar-refractivity contribution is -0.120. The van der Waals surface area contributed by atoms with Gasteiger partial charge in [-0.05, 0) is 75.1 Å². The normalized spacial score (nSPS) is 19.6. The number of ether oxygens (including phenoxy) is 2. The zero-order chi connectivity index (χ0) is 28.4. The van der Waals surface area contributed by atoms with Crippen LogP contribution >= 0.6 is 0 Å². The summed E-state index contributed by atoms with van der Waals surface area (Å²) in [6.45, 7) is 12.2. The average molecular weight is 542 g/mol. The number of benzene rings is 1. The van der Waals surface area contributed by atoms with E-state index in [0.717, 1.165) is 48.9 Å². The molecule has 2 heterocycles. The Balaban J connectivity index is 1.59. The van der Waals surface area contributed by atoms with Crippen molar-refractivity contribution in [2.24, 2.45) is 5.41 Å². The molecule has 1 spiro atoms. The van der Waals surface area contributed by atoms with Crippen LogP contribution in [0.4, 0.5) is 4.39 Å². The van der Waals surface area contributed by atoms with E-state index >= 15 is 0 Å². The second kappa shape index (κ2) is 11.8. The summed E-state index contributed by atoms with van der Waals surface area (Å²) in [6.07, 6.45) is 4.12. The fourth-order valence-electron chi connectivity index (χ4n) is 5.50. The number of nitrogens with one attached hydrogen (secondary N) is 2. The first kappa shape index (κ1) is 29.3. The van der Waals surface area contributed by atoms with Gasteiger partial charge in [0.2, 0.25) is 5.91 Å². The Labute approximate surface area is 231 Å². The summed E-state index contributed by atoms with van der Waals surface area (Å²) >= 11 is 0. The topological polar surface area (TPSA) is 92.7 Å². The maximum absolute atomic E-state index is 13.4. The molecule has 1 fully saturated rings. The van der Waals surface area contributed by atoms with Gasteiger partial charge in [0.15, 0.2) is 5.75 Å². The number of aromatic nitrogens is 1. The number of amides is 1. The monoisotopic (exact) mass is 541 g/mol. The first-order valence-electron chi connectivity index (χ1n) is 14.1. The maximum Gasteiger partial charge on any atom is 0.257 e. The molecule has 0 bridgehead atoms. The van der Waals surface area contributed by atoms with Crippen molar-refractivity contribution in [1.29, 1.82) is 0 Å². The molecule has 1 saturated carbocycles. The van der Waals surface area contributed by atoms with Crippen molar-refractivity contribution >= 4 is 5.91 Å². The molecule has 39 heavy (non-hydrogen) atoms. The summed E-state index contributed by atoms with van der Waals surface area (Å²) in [4.78, 5) is 16.8. The molecule has 2 aromatic rings. The van der Waals surface area contributed by atoms with E-state index in [1.54, 1.807) is 12.1 Å². The standard InChI is InChI=1S/C31H44FN3O4/c1-19(2)38-29-28-24(15-23(35-29)16-30(4,5)6)26(17-31(39-28)12-7-13-31)33-18-27(37)25(34-20(3)36)14-21-8-10-22(32)11-9-21/h8-11,15,19,25-27,33,37H,7,12-14,16-18H2,1-6H3,(H,34,36)/t25-,26+,27-/m0/s1. The highest BCUT2D eigenvalue weighted by atomic mass is 19.1. The third-order valence-electron chi connectivity index (χ3n) is 7.41. The van der Waals surface area contributed by atoms with Crippen molar-refractivity contribution in [3.63, 3.8) is 0 Å². The number of aliphatic hydroxyl groups excluding tert-OH is 1. The van der Waals surface area contributed by atoms with Crippen LogP contribution in [0.5, 0.6) is 11.6 Å². The van der Waals surface area contributed by atoms with Crippen LogP contribution in [0.2, 0.25) is 0 Å². The van der Waals surface area contributed by atoms with E-state index in [1.165, 1.54) is 19.1 Å². The fraction of sp³-hybridized carbons (Fsp3) is 0.613. The summed E-state index contributed by atoms with van der Waals surface area (Å²) in [5, 5.41) is 17.7. The molecule has 1 aliphatic carbocycles. The summed E-state index contributed by atoms with van der Waals surface area (Å²) < 4.78 is 26.2. The molecule has 214 valence electrons. The fourth-order valence-corrected chi connectivity index (χ4v) is 5.50. The van der Waals surface area contributed by atoms with Crippen molar-refractivity contribution in [2.45, 2.75) is 110 Å². The van der Waals surface area contributed by atoms with Gasteiger partial charge in [-0.3, -0.25) is 4.79 Å².